The van der Waals surface area contributed by atoms with E-state index in [-0.39, 0.29) is 5.91 Å². The second-order valence-corrected chi connectivity index (χ2v) is 5.89. The van der Waals surface area contributed by atoms with Crippen molar-refractivity contribution in [2.45, 2.75) is 12.5 Å². The highest BCUT2D eigenvalue weighted by Gasteiger charge is 2.31. The molecule has 1 aliphatic heterocycles. The van der Waals surface area contributed by atoms with Gasteiger partial charge < -0.3 is 10.1 Å². The minimum absolute atomic E-state index is 0.304. The van der Waals surface area contributed by atoms with E-state index in [2.05, 4.69) is 27.9 Å². The van der Waals surface area contributed by atoms with Gasteiger partial charge in [-0.15, -0.1) is 0 Å². The molecule has 1 unspecified atom stereocenters. The molecule has 1 aliphatic rings. The smallest absolute Gasteiger partial charge is 0.339 e. The average molecular weight is 393 g/mol. The van der Waals surface area contributed by atoms with E-state index in [4.69, 9.17) is 4.74 Å². The summed E-state index contributed by atoms with van der Waals surface area (Å²) < 4.78 is 6.17. The van der Waals surface area contributed by atoms with Crippen LogP contribution in [0.4, 0.5) is 5.69 Å². The number of carbonyl (C=O) groups excluding carboxylic acids is 2. The molecular weight excluding hydrogens is 381 g/mol. The van der Waals surface area contributed by atoms with E-state index in [1.807, 2.05) is 36.4 Å². The number of carbonyl (C=O) groups is 2. The molecule has 0 radical (unpaired) electrons. The Balaban J connectivity index is 1.78. The largest absolute Gasteiger partial charge is 0.448 e. The van der Waals surface area contributed by atoms with Crippen LogP contribution in [0, 0.1) is 3.57 Å². The molecule has 0 saturated carbocycles. The first-order chi connectivity index (χ1) is 10.1. The van der Waals surface area contributed by atoms with Crippen molar-refractivity contribution in [1.82, 2.24) is 0 Å². The molecule has 0 fully saturated rings. The highest BCUT2D eigenvalue weighted by atomic mass is 127. The number of para-hydroxylation sites is 1. The van der Waals surface area contributed by atoms with E-state index >= 15 is 0 Å². The maximum Gasteiger partial charge on any atom is 0.339 e. The summed E-state index contributed by atoms with van der Waals surface area (Å²) in [5.74, 6) is -0.748. The normalized spacial score (nSPS) is 16.8. The maximum atomic E-state index is 12.3. The lowest BCUT2D eigenvalue weighted by Crippen LogP contribution is -2.38. The molecule has 1 heterocycles. The van der Waals surface area contributed by atoms with Crippen LogP contribution in [-0.4, -0.2) is 18.0 Å². The molecule has 0 aromatic heterocycles. The molecule has 2 aromatic rings. The standard InChI is InChI=1S/C16H12INO3/c17-12-7-3-4-8-13(12)18-15(19)14-9-10-5-1-2-6-11(10)16(20)21-14/h1-8,14H,9H2,(H,18,19). The fourth-order valence-electron chi connectivity index (χ4n) is 2.25. The summed E-state index contributed by atoms with van der Waals surface area (Å²) in [5.41, 5.74) is 2.10. The molecule has 0 spiro atoms. The first-order valence-electron chi connectivity index (χ1n) is 6.49. The SMILES string of the molecule is O=C1OC(C(=O)Nc2ccccc2I)Cc2ccccc21. The number of hydrogen-bond acceptors (Lipinski definition) is 3. The Hall–Kier alpha value is -1.89. The van der Waals surface area contributed by atoms with Crippen LogP contribution >= 0.6 is 22.6 Å². The van der Waals surface area contributed by atoms with E-state index < -0.39 is 12.1 Å². The van der Waals surface area contributed by atoms with E-state index in [0.29, 0.717) is 12.0 Å². The van der Waals surface area contributed by atoms with E-state index in [9.17, 15) is 9.59 Å². The monoisotopic (exact) mass is 393 g/mol. The predicted molar refractivity (Wildman–Crippen MR) is 87.1 cm³/mol. The van der Waals surface area contributed by atoms with Gasteiger partial charge in [-0.2, -0.15) is 0 Å². The van der Waals surface area contributed by atoms with Crippen molar-refractivity contribution >= 4 is 40.2 Å². The second kappa shape index (κ2) is 5.85. The molecule has 1 atom stereocenters. The first-order valence-corrected chi connectivity index (χ1v) is 7.57. The van der Waals surface area contributed by atoms with Gasteiger partial charge in [0.1, 0.15) is 0 Å². The topological polar surface area (TPSA) is 55.4 Å². The number of benzene rings is 2. The number of hydrogen-bond donors (Lipinski definition) is 1. The lowest BCUT2D eigenvalue weighted by Gasteiger charge is -2.23. The second-order valence-electron chi connectivity index (χ2n) is 4.72. The van der Waals surface area contributed by atoms with E-state index in [1.165, 1.54) is 0 Å². The molecule has 106 valence electrons. The third-order valence-corrected chi connectivity index (χ3v) is 4.26. The Labute approximate surface area is 135 Å². The Bertz CT molecular complexity index is 714. The quantitative estimate of drug-likeness (QED) is 0.631. The van der Waals surface area contributed by atoms with Gasteiger partial charge in [0.25, 0.3) is 5.91 Å². The third kappa shape index (κ3) is 2.92. The predicted octanol–water partition coefficient (Wildman–Crippen LogP) is 3.01. The Morgan fingerprint density at radius 1 is 1.14 bits per heavy atom. The zero-order valence-electron chi connectivity index (χ0n) is 11.0. The van der Waals surface area contributed by atoms with Gasteiger partial charge in [0, 0.05) is 9.99 Å². The number of anilines is 1. The van der Waals surface area contributed by atoms with Gasteiger partial charge in [-0.3, -0.25) is 4.79 Å². The number of ether oxygens (including phenoxy) is 1. The molecule has 0 aliphatic carbocycles. The summed E-state index contributed by atoms with van der Waals surface area (Å²) in [4.78, 5) is 24.2. The number of nitrogens with one attached hydrogen (secondary N) is 1. The van der Waals surface area contributed by atoms with Crippen molar-refractivity contribution in [1.29, 1.82) is 0 Å². The average Bonchev–Trinajstić information content (AvgIpc) is 2.49. The number of cyclic esters (lactones) is 1. The minimum Gasteiger partial charge on any atom is -0.448 e. The van der Waals surface area contributed by atoms with Crippen LogP contribution in [0.5, 0.6) is 0 Å². The van der Waals surface area contributed by atoms with Crippen LogP contribution in [0.15, 0.2) is 48.5 Å². The van der Waals surface area contributed by atoms with Gasteiger partial charge in [0.15, 0.2) is 6.10 Å². The maximum absolute atomic E-state index is 12.3. The molecule has 4 nitrogen and oxygen atoms in total. The van der Waals surface area contributed by atoms with Crippen molar-refractivity contribution in [2.24, 2.45) is 0 Å². The lowest BCUT2D eigenvalue weighted by atomic mass is 9.98. The Kier molecular flexibility index (Phi) is 3.92. The summed E-state index contributed by atoms with van der Waals surface area (Å²) in [6, 6.07) is 14.7. The van der Waals surface area contributed by atoms with Crippen molar-refractivity contribution < 1.29 is 14.3 Å². The third-order valence-electron chi connectivity index (χ3n) is 3.32. The van der Waals surface area contributed by atoms with Crippen LogP contribution in [0.2, 0.25) is 0 Å². The number of esters is 1. The van der Waals surface area contributed by atoms with Crippen molar-refractivity contribution in [3.05, 3.63) is 63.2 Å². The molecule has 0 bridgehead atoms. The Morgan fingerprint density at radius 2 is 1.86 bits per heavy atom. The van der Waals surface area contributed by atoms with E-state index in [1.54, 1.807) is 12.1 Å². The number of halogens is 1. The first kappa shape index (κ1) is 14.1. The molecule has 3 rings (SSSR count). The molecule has 1 N–H and O–H groups in total. The van der Waals surface area contributed by atoms with Crippen LogP contribution in [-0.2, 0) is 16.0 Å². The summed E-state index contributed by atoms with van der Waals surface area (Å²) in [5, 5.41) is 2.81. The zero-order chi connectivity index (χ0) is 14.8. The van der Waals surface area contributed by atoms with Crippen molar-refractivity contribution in [3.63, 3.8) is 0 Å². The minimum atomic E-state index is -0.789. The molecule has 0 saturated heterocycles. The van der Waals surface area contributed by atoms with Gasteiger partial charge in [-0.05, 0) is 46.4 Å². The Morgan fingerprint density at radius 3 is 2.67 bits per heavy atom. The zero-order valence-corrected chi connectivity index (χ0v) is 13.2. The molecule has 21 heavy (non-hydrogen) atoms. The molecule has 1 amide bonds. The number of rotatable bonds is 2. The van der Waals surface area contributed by atoms with Gasteiger partial charge >= 0.3 is 5.97 Å². The van der Waals surface area contributed by atoms with E-state index in [0.717, 1.165) is 14.8 Å². The molecular formula is C16H12INO3. The van der Waals surface area contributed by atoms with Gasteiger partial charge in [0.2, 0.25) is 0 Å². The molecule has 2 aromatic carbocycles. The highest BCUT2D eigenvalue weighted by molar-refractivity contribution is 14.1. The van der Waals surface area contributed by atoms with Crippen LogP contribution in [0.1, 0.15) is 15.9 Å². The molecule has 5 heteroatoms. The van der Waals surface area contributed by atoms with Gasteiger partial charge in [-0.25, -0.2) is 4.79 Å². The summed E-state index contributed by atoms with van der Waals surface area (Å²) >= 11 is 2.15. The van der Waals surface area contributed by atoms with Crippen molar-refractivity contribution in [2.75, 3.05) is 5.32 Å². The van der Waals surface area contributed by atoms with Gasteiger partial charge in [-0.1, -0.05) is 30.3 Å². The highest BCUT2D eigenvalue weighted by Crippen LogP contribution is 2.22. The summed E-state index contributed by atoms with van der Waals surface area (Å²) in [6.07, 6.45) is -0.389. The van der Waals surface area contributed by atoms with Crippen LogP contribution < -0.4 is 5.32 Å². The van der Waals surface area contributed by atoms with Crippen LogP contribution in [0.3, 0.4) is 0 Å². The fraction of sp³-hybridized carbons (Fsp3) is 0.125. The lowest BCUT2D eigenvalue weighted by molar-refractivity contribution is -0.125. The number of fused-ring (bicyclic) bond motifs is 1. The summed E-state index contributed by atoms with van der Waals surface area (Å²) in [7, 11) is 0. The fourth-order valence-corrected chi connectivity index (χ4v) is 2.78. The van der Waals surface area contributed by atoms with Gasteiger partial charge in [0.05, 0.1) is 11.3 Å². The number of amides is 1. The summed E-state index contributed by atoms with van der Waals surface area (Å²) in [6.45, 7) is 0. The van der Waals surface area contributed by atoms with Crippen molar-refractivity contribution in [3.8, 4) is 0 Å². The van der Waals surface area contributed by atoms with Crippen LogP contribution in [0.25, 0.3) is 0 Å².